The van der Waals surface area contributed by atoms with Crippen LogP contribution in [0.3, 0.4) is 0 Å². The van der Waals surface area contributed by atoms with Gasteiger partial charge < -0.3 is 5.32 Å². The first-order chi connectivity index (χ1) is 8.95. The number of nitrogens with one attached hydrogen (secondary N) is 1. The molecule has 0 bridgehead atoms. The topological polar surface area (TPSA) is 49.4 Å². The molecule has 0 aromatic carbocycles. The van der Waals surface area contributed by atoms with Gasteiger partial charge in [0.25, 0.3) is 10.0 Å². The molecule has 19 heavy (non-hydrogen) atoms. The molecule has 1 aliphatic carbocycles. The van der Waals surface area contributed by atoms with Gasteiger partial charge >= 0.3 is 0 Å². The van der Waals surface area contributed by atoms with E-state index < -0.39 is 10.0 Å². The van der Waals surface area contributed by atoms with Gasteiger partial charge in [-0.3, -0.25) is 0 Å². The molecule has 1 aliphatic rings. The number of aryl methyl sites for hydroxylation is 1. The van der Waals surface area contributed by atoms with Crippen molar-refractivity contribution in [3.05, 3.63) is 17.0 Å². The Morgan fingerprint density at radius 2 is 1.89 bits per heavy atom. The van der Waals surface area contributed by atoms with Gasteiger partial charge in [-0.2, -0.15) is 4.31 Å². The minimum Gasteiger partial charge on any atom is -0.317 e. The van der Waals surface area contributed by atoms with Crippen molar-refractivity contribution in [2.45, 2.75) is 48.9 Å². The van der Waals surface area contributed by atoms with Gasteiger partial charge in [-0.25, -0.2) is 8.42 Å². The molecule has 1 aromatic heterocycles. The Labute approximate surface area is 119 Å². The predicted molar refractivity (Wildman–Crippen MR) is 79.1 cm³/mol. The standard InChI is InChI=1S/C13H22N2O2S2/c1-10-4-9-13(18-10)19(16,17)15(3)12-7-5-11(14-2)6-8-12/h4,9,11-12,14H,5-8H2,1-3H3. The first-order valence-electron chi connectivity index (χ1n) is 6.67. The van der Waals surface area contributed by atoms with Gasteiger partial charge in [0, 0.05) is 24.0 Å². The number of hydrogen-bond acceptors (Lipinski definition) is 4. The molecule has 1 fully saturated rings. The molecule has 0 aliphatic heterocycles. The lowest BCUT2D eigenvalue weighted by molar-refractivity contribution is 0.255. The molecule has 6 heteroatoms. The van der Waals surface area contributed by atoms with Crippen LogP contribution in [0.2, 0.25) is 0 Å². The van der Waals surface area contributed by atoms with E-state index in [1.807, 2.05) is 20.0 Å². The molecule has 0 unspecified atom stereocenters. The van der Waals surface area contributed by atoms with E-state index in [1.165, 1.54) is 11.3 Å². The van der Waals surface area contributed by atoms with Crippen LogP contribution in [0.4, 0.5) is 0 Å². The van der Waals surface area contributed by atoms with Crippen molar-refractivity contribution in [2.24, 2.45) is 0 Å². The molecule has 0 radical (unpaired) electrons. The third-order valence-corrected chi connectivity index (χ3v) is 7.35. The molecule has 0 saturated heterocycles. The molecular formula is C13H22N2O2S2. The highest BCUT2D eigenvalue weighted by atomic mass is 32.2. The monoisotopic (exact) mass is 302 g/mol. The summed E-state index contributed by atoms with van der Waals surface area (Å²) in [5, 5.41) is 3.27. The maximum Gasteiger partial charge on any atom is 0.252 e. The largest absolute Gasteiger partial charge is 0.317 e. The number of hydrogen-bond donors (Lipinski definition) is 1. The second-order valence-electron chi connectivity index (χ2n) is 5.18. The van der Waals surface area contributed by atoms with Crippen LogP contribution >= 0.6 is 11.3 Å². The Hall–Kier alpha value is -0.430. The van der Waals surface area contributed by atoms with Gasteiger partial charge in [0.05, 0.1) is 0 Å². The minimum atomic E-state index is -3.31. The Bertz CT molecular complexity index is 517. The molecular weight excluding hydrogens is 280 g/mol. The van der Waals surface area contributed by atoms with Crippen LogP contribution in [0.15, 0.2) is 16.3 Å². The van der Waals surface area contributed by atoms with Crippen LogP contribution in [0.5, 0.6) is 0 Å². The van der Waals surface area contributed by atoms with Crippen LogP contribution < -0.4 is 5.32 Å². The molecule has 2 rings (SSSR count). The Kier molecular flexibility index (Phi) is 4.66. The maximum atomic E-state index is 12.5. The second kappa shape index (κ2) is 5.91. The molecule has 1 saturated carbocycles. The fourth-order valence-corrected chi connectivity index (χ4v) is 5.50. The highest BCUT2D eigenvalue weighted by Crippen LogP contribution is 2.29. The van der Waals surface area contributed by atoms with Crippen molar-refractivity contribution in [2.75, 3.05) is 14.1 Å². The average Bonchev–Trinajstić information content (AvgIpc) is 2.85. The fourth-order valence-electron chi connectivity index (χ4n) is 2.62. The number of thiophene rings is 1. The third-order valence-electron chi connectivity index (χ3n) is 3.97. The summed E-state index contributed by atoms with van der Waals surface area (Å²) in [6.45, 7) is 1.93. The van der Waals surface area contributed by atoms with Crippen molar-refractivity contribution in [1.29, 1.82) is 0 Å². The average molecular weight is 302 g/mol. The lowest BCUT2D eigenvalue weighted by Crippen LogP contribution is -2.42. The highest BCUT2D eigenvalue weighted by molar-refractivity contribution is 7.91. The van der Waals surface area contributed by atoms with Crippen LogP contribution in [0.25, 0.3) is 0 Å². The number of rotatable bonds is 4. The Balaban J connectivity index is 2.09. The Morgan fingerprint density at radius 3 is 2.37 bits per heavy atom. The zero-order valence-corrected chi connectivity index (χ0v) is 13.4. The van der Waals surface area contributed by atoms with E-state index in [4.69, 9.17) is 0 Å². The normalized spacial score (nSPS) is 24.8. The van der Waals surface area contributed by atoms with Gasteiger partial charge in [-0.15, -0.1) is 11.3 Å². The molecule has 4 nitrogen and oxygen atoms in total. The lowest BCUT2D eigenvalue weighted by Gasteiger charge is -2.33. The molecule has 1 aromatic rings. The summed E-state index contributed by atoms with van der Waals surface area (Å²) >= 11 is 1.35. The zero-order chi connectivity index (χ0) is 14.0. The summed E-state index contributed by atoms with van der Waals surface area (Å²) in [6, 6.07) is 4.25. The second-order valence-corrected chi connectivity index (χ2v) is 8.69. The first kappa shape index (κ1) is 15.0. The molecule has 0 amide bonds. The van der Waals surface area contributed by atoms with Gasteiger partial charge in [-0.05, 0) is 51.8 Å². The quantitative estimate of drug-likeness (QED) is 0.927. The maximum absolute atomic E-state index is 12.5. The van der Waals surface area contributed by atoms with E-state index in [0.717, 1.165) is 30.6 Å². The predicted octanol–water partition coefficient (Wildman–Crippen LogP) is 2.21. The number of sulfonamides is 1. The SMILES string of the molecule is CNC1CCC(N(C)S(=O)(=O)c2ccc(C)s2)CC1. The van der Waals surface area contributed by atoms with Gasteiger partial charge in [-0.1, -0.05) is 0 Å². The minimum absolute atomic E-state index is 0.136. The van der Waals surface area contributed by atoms with E-state index in [9.17, 15) is 8.42 Å². The van der Waals surface area contributed by atoms with E-state index in [1.54, 1.807) is 17.4 Å². The molecule has 108 valence electrons. The van der Waals surface area contributed by atoms with E-state index in [2.05, 4.69) is 5.32 Å². The summed E-state index contributed by atoms with van der Waals surface area (Å²) in [4.78, 5) is 1.03. The summed E-state index contributed by atoms with van der Waals surface area (Å²) in [5.74, 6) is 0. The van der Waals surface area contributed by atoms with E-state index >= 15 is 0 Å². The van der Waals surface area contributed by atoms with Crippen LogP contribution in [-0.2, 0) is 10.0 Å². The van der Waals surface area contributed by atoms with Crippen LogP contribution in [0, 0.1) is 6.92 Å². The Morgan fingerprint density at radius 1 is 1.26 bits per heavy atom. The van der Waals surface area contributed by atoms with Crippen molar-refractivity contribution in [3.63, 3.8) is 0 Å². The number of nitrogens with zero attached hydrogens (tertiary/aromatic N) is 1. The summed E-state index contributed by atoms with van der Waals surface area (Å²) in [7, 11) is 0.379. The molecule has 0 spiro atoms. The van der Waals surface area contributed by atoms with Crippen molar-refractivity contribution < 1.29 is 8.42 Å². The summed E-state index contributed by atoms with van der Waals surface area (Å²) in [6.07, 6.45) is 3.96. The van der Waals surface area contributed by atoms with Gasteiger partial charge in [0.2, 0.25) is 0 Å². The van der Waals surface area contributed by atoms with E-state index in [-0.39, 0.29) is 6.04 Å². The highest BCUT2D eigenvalue weighted by Gasteiger charge is 2.31. The summed E-state index contributed by atoms with van der Waals surface area (Å²) in [5.41, 5.74) is 0. The molecule has 0 atom stereocenters. The zero-order valence-electron chi connectivity index (χ0n) is 11.7. The van der Waals surface area contributed by atoms with Gasteiger partial charge in [0.1, 0.15) is 4.21 Å². The molecule has 1 heterocycles. The van der Waals surface area contributed by atoms with Crippen LogP contribution in [0.1, 0.15) is 30.6 Å². The van der Waals surface area contributed by atoms with Gasteiger partial charge in [0.15, 0.2) is 0 Å². The fraction of sp³-hybridized carbons (Fsp3) is 0.692. The van der Waals surface area contributed by atoms with Crippen molar-refractivity contribution in [1.82, 2.24) is 9.62 Å². The third kappa shape index (κ3) is 3.18. The van der Waals surface area contributed by atoms with Crippen molar-refractivity contribution >= 4 is 21.4 Å². The van der Waals surface area contributed by atoms with Crippen molar-refractivity contribution in [3.8, 4) is 0 Å². The summed E-state index contributed by atoms with van der Waals surface area (Å²) < 4.78 is 27.1. The van der Waals surface area contributed by atoms with Crippen LogP contribution in [-0.4, -0.2) is 38.9 Å². The van der Waals surface area contributed by atoms with E-state index in [0.29, 0.717) is 10.3 Å². The lowest BCUT2D eigenvalue weighted by atomic mass is 9.91. The smallest absolute Gasteiger partial charge is 0.252 e. The first-order valence-corrected chi connectivity index (χ1v) is 8.92. The molecule has 1 N–H and O–H groups in total.